The van der Waals surface area contributed by atoms with Gasteiger partial charge in [-0.25, -0.2) is 0 Å². The Morgan fingerprint density at radius 3 is 0.810 bits per heavy atom. The number of carbonyl (C=O) groups excluding carboxylic acids is 3. The monoisotopic (exact) mass is 1090 g/mol. The molecule has 6 nitrogen and oxygen atoms in total. The van der Waals surface area contributed by atoms with Gasteiger partial charge in [0.15, 0.2) is 6.10 Å². The molecule has 0 spiro atoms. The van der Waals surface area contributed by atoms with E-state index < -0.39 is 6.10 Å². The molecule has 79 heavy (non-hydrogen) atoms. The molecule has 0 aliphatic carbocycles. The predicted molar refractivity (Wildman–Crippen MR) is 343 cm³/mol. The quantitative estimate of drug-likeness (QED) is 0.0261. The number of allylic oxidation sites excluding steroid dienone is 26. The fourth-order valence-corrected chi connectivity index (χ4v) is 8.27. The van der Waals surface area contributed by atoms with Crippen molar-refractivity contribution in [2.75, 3.05) is 13.2 Å². The number of carbonyl (C=O) groups is 3. The molecule has 0 heterocycles. The van der Waals surface area contributed by atoms with Gasteiger partial charge in [-0.1, -0.05) is 256 Å². The molecule has 0 aliphatic heterocycles. The molecule has 444 valence electrons. The van der Waals surface area contributed by atoms with Gasteiger partial charge in [-0.15, -0.1) is 0 Å². The molecule has 0 saturated heterocycles. The summed E-state index contributed by atoms with van der Waals surface area (Å²) in [5.41, 5.74) is 0. The summed E-state index contributed by atoms with van der Waals surface area (Å²) in [6.45, 7) is 6.35. The van der Waals surface area contributed by atoms with Gasteiger partial charge in [0, 0.05) is 19.3 Å². The second-order valence-electron chi connectivity index (χ2n) is 20.5. The Balaban J connectivity index is 4.51. The van der Waals surface area contributed by atoms with Gasteiger partial charge in [-0.2, -0.15) is 0 Å². The van der Waals surface area contributed by atoms with Crippen LogP contribution in [0.4, 0.5) is 0 Å². The normalized spacial score (nSPS) is 13.2. The molecule has 6 heteroatoms. The third-order valence-electron chi connectivity index (χ3n) is 13.0. The third-order valence-corrected chi connectivity index (χ3v) is 13.0. The Bertz CT molecular complexity index is 1780. The van der Waals surface area contributed by atoms with Crippen molar-refractivity contribution < 1.29 is 28.6 Å². The van der Waals surface area contributed by atoms with Crippen LogP contribution in [0, 0.1) is 0 Å². The first-order valence-electron chi connectivity index (χ1n) is 32.0. The van der Waals surface area contributed by atoms with E-state index in [0.29, 0.717) is 12.8 Å². The maximum Gasteiger partial charge on any atom is 0.306 e. The number of ether oxygens (including phenoxy) is 3. The summed E-state index contributed by atoms with van der Waals surface area (Å²) in [6.07, 6.45) is 95.3. The molecule has 0 rings (SSSR count). The highest BCUT2D eigenvalue weighted by Gasteiger charge is 2.19. The van der Waals surface area contributed by atoms with E-state index >= 15 is 0 Å². The zero-order valence-electron chi connectivity index (χ0n) is 50.8. The van der Waals surface area contributed by atoms with E-state index in [0.717, 1.165) is 141 Å². The van der Waals surface area contributed by atoms with Gasteiger partial charge in [-0.3, -0.25) is 14.4 Å². The molecular formula is C73H116O6. The summed E-state index contributed by atoms with van der Waals surface area (Å²) in [4.78, 5) is 38.3. The van der Waals surface area contributed by atoms with Gasteiger partial charge in [0.1, 0.15) is 13.2 Å². The first kappa shape index (κ1) is 74.0. The highest BCUT2D eigenvalue weighted by Crippen LogP contribution is 2.14. The molecule has 0 fully saturated rings. The van der Waals surface area contributed by atoms with Crippen molar-refractivity contribution in [2.24, 2.45) is 0 Å². The molecule has 0 aromatic heterocycles. The van der Waals surface area contributed by atoms with Crippen LogP contribution in [0.1, 0.15) is 265 Å². The summed E-state index contributed by atoms with van der Waals surface area (Å²) in [7, 11) is 0. The second-order valence-corrected chi connectivity index (χ2v) is 20.5. The molecule has 0 bridgehead atoms. The minimum absolute atomic E-state index is 0.110. The van der Waals surface area contributed by atoms with Crippen molar-refractivity contribution in [1.82, 2.24) is 0 Å². The van der Waals surface area contributed by atoms with E-state index in [1.54, 1.807) is 0 Å². The van der Waals surface area contributed by atoms with E-state index in [2.05, 4.69) is 179 Å². The highest BCUT2D eigenvalue weighted by molar-refractivity contribution is 5.71. The fourth-order valence-electron chi connectivity index (χ4n) is 8.27. The third kappa shape index (κ3) is 63.7. The first-order valence-corrected chi connectivity index (χ1v) is 32.0. The van der Waals surface area contributed by atoms with Crippen molar-refractivity contribution in [3.63, 3.8) is 0 Å². The molecule has 1 unspecified atom stereocenters. The Labute approximate surface area is 486 Å². The van der Waals surface area contributed by atoms with Crippen molar-refractivity contribution in [3.8, 4) is 0 Å². The summed E-state index contributed by atoms with van der Waals surface area (Å²) < 4.78 is 16.9. The van der Waals surface area contributed by atoms with E-state index in [-0.39, 0.29) is 44.0 Å². The van der Waals surface area contributed by atoms with E-state index in [1.165, 1.54) is 77.0 Å². The average Bonchev–Trinajstić information content (AvgIpc) is 3.45. The molecule has 0 N–H and O–H groups in total. The molecule has 0 saturated carbocycles. The highest BCUT2D eigenvalue weighted by atomic mass is 16.6. The van der Waals surface area contributed by atoms with Gasteiger partial charge < -0.3 is 14.2 Å². The number of hydrogen-bond donors (Lipinski definition) is 0. The van der Waals surface area contributed by atoms with Gasteiger partial charge in [-0.05, 0) is 148 Å². The molecule has 0 aliphatic rings. The lowest BCUT2D eigenvalue weighted by atomic mass is 10.1. The molecule has 0 aromatic carbocycles. The zero-order valence-corrected chi connectivity index (χ0v) is 50.8. The van der Waals surface area contributed by atoms with Crippen LogP contribution >= 0.6 is 0 Å². The minimum atomic E-state index is -0.820. The number of unbranched alkanes of at least 4 members (excludes halogenated alkanes) is 19. The molecule has 0 aromatic rings. The van der Waals surface area contributed by atoms with E-state index in [9.17, 15) is 14.4 Å². The summed E-state index contributed by atoms with van der Waals surface area (Å²) >= 11 is 0. The van der Waals surface area contributed by atoms with Crippen LogP contribution in [0.5, 0.6) is 0 Å². The lowest BCUT2D eigenvalue weighted by Gasteiger charge is -2.18. The predicted octanol–water partition coefficient (Wildman–Crippen LogP) is 22.1. The van der Waals surface area contributed by atoms with Crippen LogP contribution in [0.25, 0.3) is 0 Å². The minimum Gasteiger partial charge on any atom is -0.462 e. The van der Waals surface area contributed by atoms with Gasteiger partial charge in [0.2, 0.25) is 0 Å². The zero-order chi connectivity index (χ0) is 57.1. The van der Waals surface area contributed by atoms with Crippen LogP contribution in [0.2, 0.25) is 0 Å². The van der Waals surface area contributed by atoms with Crippen molar-refractivity contribution in [1.29, 1.82) is 0 Å². The van der Waals surface area contributed by atoms with Crippen LogP contribution in [0.15, 0.2) is 158 Å². The average molecular weight is 1090 g/mol. The van der Waals surface area contributed by atoms with Crippen molar-refractivity contribution >= 4 is 17.9 Å². The Hall–Kier alpha value is -4.97. The fraction of sp³-hybridized carbons (Fsp3) is 0.603. The lowest BCUT2D eigenvalue weighted by Crippen LogP contribution is -2.30. The van der Waals surface area contributed by atoms with Crippen LogP contribution in [-0.2, 0) is 28.6 Å². The van der Waals surface area contributed by atoms with Crippen LogP contribution in [-0.4, -0.2) is 37.2 Å². The second kappa shape index (κ2) is 65.5. The largest absolute Gasteiger partial charge is 0.462 e. The van der Waals surface area contributed by atoms with E-state index in [4.69, 9.17) is 14.2 Å². The Morgan fingerprint density at radius 2 is 0.494 bits per heavy atom. The number of rotatable bonds is 56. The first-order chi connectivity index (χ1) is 39.0. The van der Waals surface area contributed by atoms with Gasteiger partial charge in [0.25, 0.3) is 0 Å². The lowest BCUT2D eigenvalue weighted by molar-refractivity contribution is -0.167. The van der Waals surface area contributed by atoms with Crippen molar-refractivity contribution in [2.45, 2.75) is 271 Å². The standard InChI is InChI=1S/C73H116O6/c1-4-7-10-13-16-19-22-25-28-31-32-33-34-35-36-37-38-39-40-43-45-48-51-54-57-60-63-66-72(75)78-69-70(79-73(76)67-64-61-58-55-52-49-46-42-30-27-24-21-18-15-12-9-6-3)68-77-71(74)65-62-59-56-53-50-47-44-41-29-26-23-20-17-14-11-8-5-2/h7,9-10,12,16,18-19,21,25-30,32-33,35-36,38-39,43,45-46,49,51,54,70H,4-6,8,11,13-15,17,20,22-24,31,34,37,40-42,44,47-48,50,52-53,55-69H2,1-3H3/b10-7-,12-9-,19-16-,21-18-,28-25-,29-26-,30-27-,33-32-,36-35-,39-38-,45-43-,49-46-,54-51-. The smallest absolute Gasteiger partial charge is 0.306 e. The van der Waals surface area contributed by atoms with Crippen LogP contribution in [0.3, 0.4) is 0 Å². The van der Waals surface area contributed by atoms with Gasteiger partial charge in [0.05, 0.1) is 0 Å². The maximum absolute atomic E-state index is 12.9. The number of hydrogen-bond acceptors (Lipinski definition) is 6. The summed E-state index contributed by atoms with van der Waals surface area (Å²) in [6, 6.07) is 0. The molecule has 0 amide bonds. The van der Waals surface area contributed by atoms with Gasteiger partial charge >= 0.3 is 17.9 Å². The number of esters is 3. The summed E-state index contributed by atoms with van der Waals surface area (Å²) in [5, 5.41) is 0. The molecule has 0 radical (unpaired) electrons. The van der Waals surface area contributed by atoms with E-state index in [1.807, 2.05) is 0 Å². The SMILES string of the molecule is CC/C=C\C/C=C\C/C=C\C/C=C\C/C=C\C/C=C\C/C=C\C/C=C\CCCCC(=O)OCC(COC(=O)CCCCCCCCC/C=C\CCCCCCCC)OC(=O)CCCCCC/C=C\C/C=C\C/C=C\C/C=C\CC. The topological polar surface area (TPSA) is 78.9 Å². The Morgan fingerprint density at radius 1 is 0.266 bits per heavy atom. The maximum atomic E-state index is 12.9. The van der Waals surface area contributed by atoms with Crippen molar-refractivity contribution in [3.05, 3.63) is 158 Å². The molecule has 1 atom stereocenters. The van der Waals surface area contributed by atoms with Crippen LogP contribution < -0.4 is 0 Å². The summed E-state index contributed by atoms with van der Waals surface area (Å²) in [5.74, 6) is -0.987. The Kier molecular flexibility index (Phi) is 61.4. The molecular weight excluding hydrogens is 973 g/mol.